The molecule has 2 heterocycles. The molecule has 0 aliphatic carbocycles. The molecule has 0 saturated heterocycles. The van der Waals surface area contributed by atoms with Gasteiger partial charge in [0.05, 0.1) is 12.5 Å². The number of carbonyl (C=O) groups excluding carboxylic acids is 1. The quantitative estimate of drug-likeness (QED) is 0.661. The lowest BCUT2D eigenvalue weighted by atomic mass is 10.0. The van der Waals surface area contributed by atoms with E-state index in [1.54, 1.807) is 55.6 Å². The third-order valence-corrected chi connectivity index (χ3v) is 4.24. The highest BCUT2D eigenvalue weighted by molar-refractivity contribution is 5.90. The summed E-state index contributed by atoms with van der Waals surface area (Å²) in [6.45, 7) is 1.83. The Morgan fingerprint density at radius 3 is 2.59 bits per heavy atom. The van der Waals surface area contributed by atoms with E-state index in [9.17, 15) is 14.4 Å². The third kappa shape index (κ3) is 4.41. The van der Waals surface area contributed by atoms with E-state index < -0.39 is 11.9 Å². The van der Waals surface area contributed by atoms with E-state index in [-0.39, 0.29) is 24.6 Å². The molecule has 3 aromatic rings. The molecule has 0 aliphatic rings. The molecule has 8 nitrogen and oxygen atoms in total. The van der Waals surface area contributed by atoms with Crippen molar-refractivity contribution in [2.45, 2.75) is 26.3 Å². The molecule has 0 fully saturated rings. The number of aryl methyl sites for hydroxylation is 1. The number of aromatic nitrogens is 3. The second-order valence-electron chi connectivity index (χ2n) is 6.37. The Morgan fingerprint density at radius 2 is 1.93 bits per heavy atom. The van der Waals surface area contributed by atoms with Crippen LogP contribution in [0.1, 0.15) is 18.9 Å². The topological polar surface area (TPSA) is 106 Å². The number of benzene rings is 1. The highest BCUT2D eigenvalue weighted by Crippen LogP contribution is 2.14. The molecule has 27 heavy (non-hydrogen) atoms. The van der Waals surface area contributed by atoms with Crippen LogP contribution in [0.15, 0.2) is 53.5 Å². The summed E-state index contributed by atoms with van der Waals surface area (Å²) >= 11 is 0. The maximum absolute atomic E-state index is 12.2. The summed E-state index contributed by atoms with van der Waals surface area (Å²) in [6, 6.07) is 12.3. The Balaban J connectivity index is 1.56. The first-order valence-corrected chi connectivity index (χ1v) is 8.60. The molecule has 1 atom stereocenters. The Labute approximate surface area is 155 Å². The highest BCUT2D eigenvalue weighted by atomic mass is 16.4. The molecule has 2 aromatic heterocycles. The van der Waals surface area contributed by atoms with Gasteiger partial charge in [0.2, 0.25) is 5.91 Å². The summed E-state index contributed by atoms with van der Waals surface area (Å²) in [5.74, 6) is -1.53. The van der Waals surface area contributed by atoms with Crippen LogP contribution in [0.4, 0.5) is 5.69 Å². The van der Waals surface area contributed by atoms with Crippen molar-refractivity contribution >= 4 is 23.2 Å². The number of fused-ring (bicyclic) bond motifs is 1. The van der Waals surface area contributed by atoms with Gasteiger partial charge in [-0.15, -0.1) is 5.10 Å². The van der Waals surface area contributed by atoms with Crippen LogP contribution in [-0.2, 0) is 22.6 Å². The molecule has 0 spiro atoms. The standard InChI is InChI=1S/C19H20N4O4/c1-13(18(25)26)12-14-5-7-15(8-6-14)20-17(24)9-11-23-19(27)22-10-3-2-4-16(22)21-23/h2-8,10,13H,9,11-12H2,1H3,(H,20,24)(H,25,26). The summed E-state index contributed by atoms with van der Waals surface area (Å²) in [4.78, 5) is 35.2. The first-order chi connectivity index (χ1) is 12.9. The van der Waals surface area contributed by atoms with E-state index in [4.69, 9.17) is 5.11 Å². The minimum atomic E-state index is -0.838. The van der Waals surface area contributed by atoms with Crippen LogP contribution >= 0.6 is 0 Å². The Kier molecular flexibility index (Phi) is 5.35. The molecule has 0 aliphatic heterocycles. The van der Waals surface area contributed by atoms with Gasteiger partial charge in [-0.05, 0) is 36.2 Å². The van der Waals surface area contributed by atoms with Gasteiger partial charge in [0.25, 0.3) is 0 Å². The second kappa shape index (κ2) is 7.86. The Hall–Kier alpha value is -3.42. The van der Waals surface area contributed by atoms with E-state index in [1.807, 2.05) is 0 Å². The van der Waals surface area contributed by atoms with Crippen molar-refractivity contribution in [3.05, 3.63) is 64.7 Å². The van der Waals surface area contributed by atoms with E-state index in [1.165, 1.54) is 9.08 Å². The van der Waals surface area contributed by atoms with Crippen molar-refractivity contribution in [3.63, 3.8) is 0 Å². The van der Waals surface area contributed by atoms with Crippen LogP contribution < -0.4 is 11.0 Å². The normalized spacial score (nSPS) is 12.0. The lowest BCUT2D eigenvalue weighted by Crippen LogP contribution is -2.24. The smallest absolute Gasteiger partial charge is 0.350 e. The number of nitrogens with one attached hydrogen (secondary N) is 1. The molecular weight excluding hydrogens is 348 g/mol. The van der Waals surface area contributed by atoms with Gasteiger partial charge in [0.15, 0.2) is 5.65 Å². The number of carboxylic acids is 1. The number of carbonyl (C=O) groups is 2. The zero-order valence-electron chi connectivity index (χ0n) is 14.8. The Morgan fingerprint density at radius 1 is 1.19 bits per heavy atom. The molecule has 140 valence electrons. The van der Waals surface area contributed by atoms with Gasteiger partial charge < -0.3 is 10.4 Å². The number of carboxylic acid groups (broad SMARTS) is 1. The van der Waals surface area contributed by atoms with Gasteiger partial charge in [0.1, 0.15) is 0 Å². The van der Waals surface area contributed by atoms with Crippen LogP contribution in [0, 0.1) is 5.92 Å². The lowest BCUT2D eigenvalue weighted by molar-refractivity contribution is -0.141. The predicted molar refractivity (Wildman–Crippen MR) is 99.6 cm³/mol. The second-order valence-corrected chi connectivity index (χ2v) is 6.37. The van der Waals surface area contributed by atoms with E-state index in [2.05, 4.69) is 10.4 Å². The van der Waals surface area contributed by atoms with Crippen molar-refractivity contribution in [3.8, 4) is 0 Å². The third-order valence-electron chi connectivity index (χ3n) is 4.24. The zero-order chi connectivity index (χ0) is 19.4. The van der Waals surface area contributed by atoms with Crippen LogP contribution in [0.2, 0.25) is 0 Å². The van der Waals surface area contributed by atoms with Crippen LogP contribution in [0.25, 0.3) is 5.65 Å². The summed E-state index contributed by atoms with van der Waals surface area (Å²) in [6.07, 6.45) is 2.18. The summed E-state index contributed by atoms with van der Waals surface area (Å²) in [5, 5.41) is 15.9. The molecule has 1 aromatic carbocycles. The van der Waals surface area contributed by atoms with Gasteiger partial charge in [-0.2, -0.15) is 0 Å². The highest BCUT2D eigenvalue weighted by Gasteiger charge is 2.12. The minimum absolute atomic E-state index is 0.113. The molecule has 8 heteroatoms. The summed E-state index contributed by atoms with van der Waals surface area (Å²) in [7, 11) is 0. The number of rotatable bonds is 7. The van der Waals surface area contributed by atoms with Crippen LogP contribution in [-0.4, -0.2) is 31.2 Å². The van der Waals surface area contributed by atoms with Gasteiger partial charge in [0, 0.05) is 18.3 Å². The predicted octanol–water partition coefficient (Wildman–Crippen LogP) is 1.79. The monoisotopic (exact) mass is 368 g/mol. The van der Waals surface area contributed by atoms with Crippen molar-refractivity contribution < 1.29 is 14.7 Å². The van der Waals surface area contributed by atoms with E-state index >= 15 is 0 Å². The fourth-order valence-corrected chi connectivity index (χ4v) is 2.71. The fraction of sp³-hybridized carbons (Fsp3) is 0.263. The first-order valence-electron chi connectivity index (χ1n) is 8.60. The number of hydrogen-bond acceptors (Lipinski definition) is 4. The van der Waals surface area contributed by atoms with Crippen molar-refractivity contribution in [1.29, 1.82) is 0 Å². The average molecular weight is 368 g/mol. The maximum Gasteiger partial charge on any atom is 0.350 e. The van der Waals surface area contributed by atoms with Gasteiger partial charge in [-0.3, -0.25) is 14.0 Å². The Bertz CT molecular complexity index is 1020. The fourth-order valence-electron chi connectivity index (χ4n) is 2.71. The SMILES string of the molecule is CC(Cc1ccc(NC(=O)CCn2nc3ccccn3c2=O)cc1)C(=O)O. The van der Waals surface area contributed by atoms with Crippen molar-refractivity contribution in [2.24, 2.45) is 5.92 Å². The average Bonchev–Trinajstić information content (AvgIpc) is 2.98. The number of amides is 1. The lowest BCUT2D eigenvalue weighted by Gasteiger charge is -2.08. The van der Waals surface area contributed by atoms with Gasteiger partial charge in [-0.25, -0.2) is 9.48 Å². The van der Waals surface area contributed by atoms with Crippen LogP contribution in [0.3, 0.4) is 0 Å². The number of anilines is 1. The van der Waals surface area contributed by atoms with E-state index in [0.29, 0.717) is 17.8 Å². The molecule has 0 saturated carbocycles. The largest absolute Gasteiger partial charge is 0.481 e. The van der Waals surface area contributed by atoms with Crippen molar-refractivity contribution in [2.75, 3.05) is 5.32 Å². The molecular formula is C19H20N4O4. The molecule has 0 bridgehead atoms. The molecule has 1 unspecified atom stereocenters. The number of pyridine rings is 1. The first kappa shape index (κ1) is 18.4. The molecule has 3 rings (SSSR count). The minimum Gasteiger partial charge on any atom is -0.481 e. The maximum atomic E-state index is 12.2. The molecule has 1 amide bonds. The number of nitrogens with zero attached hydrogens (tertiary/aromatic N) is 3. The summed E-state index contributed by atoms with van der Waals surface area (Å²) < 4.78 is 2.69. The van der Waals surface area contributed by atoms with E-state index in [0.717, 1.165) is 5.56 Å². The van der Waals surface area contributed by atoms with Crippen LogP contribution in [0.5, 0.6) is 0 Å². The molecule has 0 radical (unpaired) electrons. The molecule has 2 N–H and O–H groups in total. The summed E-state index contributed by atoms with van der Waals surface area (Å²) in [5.41, 5.74) is 1.76. The number of aliphatic carboxylic acids is 1. The van der Waals surface area contributed by atoms with Gasteiger partial charge in [-0.1, -0.05) is 25.1 Å². The van der Waals surface area contributed by atoms with Crippen molar-refractivity contribution in [1.82, 2.24) is 14.2 Å². The number of hydrogen-bond donors (Lipinski definition) is 2. The zero-order valence-corrected chi connectivity index (χ0v) is 14.8. The van der Waals surface area contributed by atoms with Gasteiger partial charge >= 0.3 is 11.7 Å².